The highest BCUT2D eigenvalue weighted by Gasteiger charge is 2.15. The van der Waals surface area contributed by atoms with Gasteiger partial charge in [0.05, 0.1) is 11.8 Å². The van der Waals surface area contributed by atoms with Gasteiger partial charge in [-0.3, -0.25) is 4.79 Å². The molecule has 6 heteroatoms. The molecule has 1 rings (SSSR count). The van der Waals surface area contributed by atoms with E-state index in [1.807, 2.05) is 6.92 Å². The van der Waals surface area contributed by atoms with Gasteiger partial charge in [-0.05, 0) is 19.4 Å². The molecule has 2 N–H and O–H groups in total. The summed E-state index contributed by atoms with van der Waals surface area (Å²) in [6, 6.07) is 1.11. The standard InChI is InChI=1S/C12H18FN3O2/c1-8(4-5-18-3)16-12(17)10-6-9(13)7-15-11(10)14-2/h6-8H,4-5H2,1-3H3,(H,14,15)(H,16,17). The molecule has 0 aliphatic heterocycles. The van der Waals surface area contributed by atoms with E-state index in [1.165, 1.54) is 0 Å². The van der Waals surface area contributed by atoms with Crippen molar-refractivity contribution in [3.05, 3.63) is 23.6 Å². The SMILES string of the molecule is CNc1ncc(F)cc1C(=O)NC(C)CCOC. The fourth-order valence-corrected chi connectivity index (χ4v) is 1.48. The second kappa shape index (κ2) is 6.90. The molecule has 18 heavy (non-hydrogen) atoms. The zero-order chi connectivity index (χ0) is 13.5. The molecule has 0 aromatic carbocycles. The van der Waals surface area contributed by atoms with Gasteiger partial charge in [0, 0.05) is 26.8 Å². The molecule has 100 valence electrons. The molecular formula is C12H18FN3O2. The van der Waals surface area contributed by atoms with E-state index >= 15 is 0 Å². The van der Waals surface area contributed by atoms with Crippen LogP contribution in [0.3, 0.4) is 0 Å². The van der Waals surface area contributed by atoms with Gasteiger partial charge in [0.2, 0.25) is 0 Å². The largest absolute Gasteiger partial charge is 0.385 e. The van der Waals surface area contributed by atoms with Crippen molar-refractivity contribution in [1.29, 1.82) is 0 Å². The van der Waals surface area contributed by atoms with Gasteiger partial charge in [-0.25, -0.2) is 9.37 Å². The normalized spacial score (nSPS) is 12.0. The van der Waals surface area contributed by atoms with Gasteiger partial charge in [0.1, 0.15) is 11.6 Å². The number of methoxy groups -OCH3 is 1. The summed E-state index contributed by atoms with van der Waals surface area (Å²) in [6.45, 7) is 2.42. The highest BCUT2D eigenvalue weighted by Crippen LogP contribution is 2.13. The summed E-state index contributed by atoms with van der Waals surface area (Å²) >= 11 is 0. The molecular weight excluding hydrogens is 237 g/mol. The molecule has 0 aliphatic carbocycles. The average molecular weight is 255 g/mol. The van der Waals surface area contributed by atoms with Crippen LogP contribution < -0.4 is 10.6 Å². The van der Waals surface area contributed by atoms with E-state index in [2.05, 4.69) is 15.6 Å². The first-order chi connectivity index (χ1) is 8.58. The van der Waals surface area contributed by atoms with Gasteiger partial charge in [-0.15, -0.1) is 0 Å². The molecule has 0 fully saturated rings. The Kier molecular flexibility index (Phi) is 5.51. The van der Waals surface area contributed by atoms with Crippen LogP contribution in [0.5, 0.6) is 0 Å². The van der Waals surface area contributed by atoms with E-state index in [1.54, 1.807) is 14.2 Å². The Morgan fingerprint density at radius 1 is 1.61 bits per heavy atom. The smallest absolute Gasteiger partial charge is 0.255 e. The number of hydrogen-bond acceptors (Lipinski definition) is 4. The van der Waals surface area contributed by atoms with Gasteiger partial charge in [0.15, 0.2) is 0 Å². The van der Waals surface area contributed by atoms with Crippen molar-refractivity contribution in [3.8, 4) is 0 Å². The number of hydrogen-bond donors (Lipinski definition) is 2. The molecule has 1 heterocycles. The van der Waals surface area contributed by atoms with Crippen LogP contribution in [0.25, 0.3) is 0 Å². The maximum Gasteiger partial charge on any atom is 0.255 e. The molecule has 5 nitrogen and oxygen atoms in total. The molecule has 1 unspecified atom stereocenters. The number of anilines is 1. The van der Waals surface area contributed by atoms with Crippen LogP contribution in [0.1, 0.15) is 23.7 Å². The zero-order valence-corrected chi connectivity index (χ0v) is 10.8. The van der Waals surface area contributed by atoms with Crippen molar-refractivity contribution >= 4 is 11.7 Å². The molecule has 1 aromatic rings. The molecule has 1 amide bonds. The van der Waals surface area contributed by atoms with Gasteiger partial charge < -0.3 is 15.4 Å². The Bertz CT molecular complexity index is 412. The number of halogens is 1. The third kappa shape index (κ3) is 3.96. The molecule has 0 saturated heterocycles. The van der Waals surface area contributed by atoms with Crippen LogP contribution >= 0.6 is 0 Å². The lowest BCUT2D eigenvalue weighted by molar-refractivity contribution is 0.0929. The third-order valence-electron chi connectivity index (χ3n) is 2.47. The monoisotopic (exact) mass is 255 g/mol. The lowest BCUT2D eigenvalue weighted by Crippen LogP contribution is -2.34. The Morgan fingerprint density at radius 3 is 2.94 bits per heavy atom. The second-order valence-electron chi connectivity index (χ2n) is 3.96. The van der Waals surface area contributed by atoms with Crippen molar-refractivity contribution in [2.45, 2.75) is 19.4 Å². The highest BCUT2D eigenvalue weighted by molar-refractivity contribution is 5.98. The van der Waals surface area contributed by atoms with E-state index in [0.29, 0.717) is 18.8 Å². The maximum absolute atomic E-state index is 13.1. The summed E-state index contributed by atoms with van der Waals surface area (Å²) in [6.07, 6.45) is 1.76. The van der Waals surface area contributed by atoms with Crippen LogP contribution in [0.15, 0.2) is 12.3 Å². The number of carbonyl (C=O) groups excluding carboxylic acids is 1. The first-order valence-corrected chi connectivity index (χ1v) is 5.71. The lowest BCUT2D eigenvalue weighted by atomic mass is 10.2. The molecule has 0 bridgehead atoms. The van der Waals surface area contributed by atoms with Gasteiger partial charge in [-0.1, -0.05) is 0 Å². The maximum atomic E-state index is 13.1. The zero-order valence-electron chi connectivity index (χ0n) is 10.8. The molecule has 0 aliphatic rings. The number of nitrogens with one attached hydrogen (secondary N) is 2. The molecule has 1 aromatic heterocycles. The van der Waals surface area contributed by atoms with Crippen LogP contribution in [0.2, 0.25) is 0 Å². The predicted octanol–water partition coefficient (Wildman–Crippen LogP) is 1.42. The summed E-state index contributed by atoms with van der Waals surface area (Å²) in [5, 5.41) is 5.52. The van der Waals surface area contributed by atoms with E-state index < -0.39 is 5.82 Å². The van der Waals surface area contributed by atoms with Crippen LogP contribution in [-0.4, -0.2) is 37.7 Å². The van der Waals surface area contributed by atoms with Crippen LogP contribution in [0, 0.1) is 5.82 Å². The van der Waals surface area contributed by atoms with Crippen LogP contribution in [-0.2, 0) is 4.74 Å². The number of rotatable bonds is 6. The van der Waals surface area contributed by atoms with Crippen molar-refractivity contribution in [1.82, 2.24) is 10.3 Å². The topological polar surface area (TPSA) is 63.2 Å². The average Bonchev–Trinajstić information content (AvgIpc) is 2.36. The number of aromatic nitrogens is 1. The minimum absolute atomic E-state index is 0.0505. The Morgan fingerprint density at radius 2 is 2.33 bits per heavy atom. The van der Waals surface area contributed by atoms with Crippen LogP contribution in [0.4, 0.5) is 10.2 Å². The highest BCUT2D eigenvalue weighted by atomic mass is 19.1. The Balaban J connectivity index is 2.74. The Labute approximate surface area is 106 Å². The second-order valence-corrected chi connectivity index (χ2v) is 3.96. The fourth-order valence-electron chi connectivity index (χ4n) is 1.48. The minimum atomic E-state index is -0.538. The number of amides is 1. The molecule has 1 atom stereocenters. The fraction of sp³-hybridized carbons (Fsp3) is 0.500. The number of nitrogens with zero attached hydrogens (tertiary/aromatic N) is 1. The van der Waals surface area contributed by atoms with Crippen molar-refractivity contribution in [2.24, 2.45) is 0 Å². The summed E-state index contributed by atoms with van der Waals surface area (Å²) in [7, 11) is 3.23. The Hall–Kier alpha value is -1.69. The van der Waals surface area contributed by atoms with E-state index in [-0.39, 0.29) is 17.5 Å². The van der Waals surface area contributed by atoms with E-state index in [0.717, 1.165) is 12.3 Å². The van der Waals surface area contributed by atoms with Crippen molar-refractivity contribution in [3.63, 3.8) is 0 Å². The molecule has 0 spiro atoms. The van der Waals surface area contributed by atoms with Crippen molar-refractivity contribution < 1.29 is 13.9 Å². The number of pyridine rings is 1. The molecule has 0 saturated carbocycles. The minimum Gasteiger partial charge on any atom is -0.385 e. The summed E-state index contributed by atoms with van der Waals surface area (Å²) in [5.41, 5.74) is 0.196. The third-order valence-corrected chi connectivity index (χ3v) is 2.47. The van der Waals surface area contributed by atoms with Gasteiger partial charge >= 0.3 is 0 Å². The first-order valence-electron chi connectivity index (χ1n) is 5.71. The number of ether oxygens (including phenoxy) is 1. The van der Waals surface area contributed by atoms with Gasteiger partial charge in [0.25, 0.3) is 5.91 Å². The van der Waals surface area contributed by atoms with E-state index in [4.69, 9.17) is 4.74 Å². The lowest BCUT2D eigenvalue weighted by Gasteiger charge is -2.14. The van der Waals surface area contributed by atoms with Crippen molar-refractivity contribution in [2.75, 3.05) is 26.1 Å². The molecule has 0 radical (unpaired) electrons. The summed E-state index contributed by atoms with van der Waals surface area (Å²) in [4.78, 5) is 15.8. The first kappa shape index (κ1) is 14.4. The number of carbonyl (C=O) groups is 1. The van der Waals surface area contributed by atoms with Gasteiger partial charge in [-0.2, -0.15) is 0 Å². The summed E-state index contributed by atoms with van der Waals surface area (Å²) in [5.74, 6) is -0.536. The summed E-state index contributed by atoms with van der Waals surface area (Å²) < 4.78 is 18.0. The predicted molar refractivity (Wildman–Crippen MR) is 67.2 cm³/mol. The quantitative estimate of drug-likeness (QED) is 0.807. The van der Waals surface area contributed by atoms with E-state index in [9.17, 15) is 9.18 Å².